The maximum atomic E-state index is 13.9. The van der Waals surface area contributed by atoms with Gasteiger partial charge >= 0.3 is 118 Å². The Morgan fingerprint density at radius 2 is 0.972 bits per heavy atom. The summed E-state index contributed by atoms with van der Waals surface area (Å²) in [5.41, 5.74) is 4.26. The van der Waals surface area contributed by atoms with Crippen molar-refractivity contribution in [2.75, 3.05) is 20.0 Å². The summed E-state index contributed by atoms with van der Waals surface area (Å²) >= 11 is 0. The van der Waals surface area contributed by atoms with Gasteiger partial charge in [-0.2, -0.15) is 13.5 Å². The van der Waals surface area contributed by atoms with Gasteiger partial charge in [0, 0.05) is 28.3 Å². The molecule has 72 heavy (non-hydrogen) atoms. The molecule has 0 saturated carbocycles. The summed E-state index contributed by atoms with van der Waals surface area (Å²) in [4.78, 5) is -2.92. The first-order valence-electron chi connectivity index (χ1n) is 18.6. The van der Waals surface area contributed by atoms with Crippen LogP contribution in [0.4, 0.5) is 51.2 Å². The summed E-state index contributed by atoms with van der Waals surface area (Å²) in [7, 11) is -17.6. The van der Waals surface area contributed by atoms with E-state index >= 15 is 0 Å². The molecule has 3 N–H and O–H groups in total. The molecule has 0 radical (unpaired) electrons. The number of ether oxygens (including phenoxy) is 2. The SMILES string of the molecule is COc1cc(N=Nc2ccc(N=Nc3ccccc3S(=O)(=O)[O-])c3ccc(S(=O)(=O)[O-])cc23)c(OC)cc1N=Nc1c(S(=O)(=O)O)cc2c(N=Nc3cccc(S(=O)(=O)[O-])c3)c(N)ccc2c1[O-].[Na+].[Na+].[Na+].[Na+]. The Labute approximate surface area is 498 Å². The van der Waals surface area contributed by atoms with Crippen LogP contribution in [0.15, 0.2) is 170 Å². The van der Waals surface area contributed by atoms with E-state index in [9.17, 15) is 57.0 Å². The Morgan fingerprint density at radius 1 is 0.458 bits per heavy atom. The van der Waals surface area contributed by atoms with Crippen LogP contribution in [0, 0.1) is 0 Å². The van der Waals surface area contributed by atoms with Crippen LogP contribution in [-0.2, 0) is 40.5 Å². The topological polar surface area (TPSA) is 392 Å². The molecule has 0 saturated heterocycles. The fourth-order valence-electron chi connectivity index (χ4n) is 6.34. The molecule has 7 aromatic rings. The number of rotatable bonds is 14. The molecule has 7 rings (SSSR count). The predicted molar refractivity (Wildman–Crippen MR) is 235 cm³/mol. The van der Waals surface area contributed by atoms with Gasteiger partial charge in [0.1, 0.15) is 69.5 Å². The Morgan fingerprint density at radius 3 is 1.54 bits per heavy atom. The van der Waals surface area contributed by atoms with Crippen LogP contribution < -0.4 is 139 Å². The molecule has 0 bridgehead atoms. The van der Waals surface area contributed by atoms with Crippen LogP contribution in [0.1, 0.15) is 0 Å². The zero-order chi connectivity index (χ0) is 49.3. The smallest absolute Gasteiger partial charge is 0.871 e. The van der Waals surface area contributed by atoms with Crippen LogP contribution in [0.5, 0.6) is 17.2 Å². The van der Waals surface area contributed by atoms with Gasteiger partial charge in [-0.1, -0.05) is 36.1 Å². The van der Waals surface area contributed by atoms with Crippen molar-refractivity contribution in [1.82, 2.24) is 0 Å². The number of benzene rings is 7. The average molecular weight is 1090 g/mol. The Hall–Kier alpha value is -3.70. The molecule has 0 heterocycles. The number of nitrogens with two attached hydrogens (primary N) is 1. The summed E-state index contributed by atoms with van der Waals surface area (Å²) in [6.07, 6.45) is 0. The number of nitrogens with zero attached hydrogens (tertiary/aromatic N) is 8. The first-order valence-corrected chi connectivity index (χ1v) is 24.2. The number of anilines is 1. The summed E-state index contributed by atoms with van der Waals surface area (Å²) in [6.45, 7) is 0. The van der Waals surface area contributed by atoms with Gasteiger partial charge in [0.25, 0.3) is 10.1 Å². The summed E-state index contributed by atoms with van der Waals surface area (Å²) in [6, 6.07) is 21.2. The quantitative estimate of drug-likeness (QED) is 0.0458. The van der Waals surface area contributed by atoms with Crippen molar-refractivity contribution in [3.63, 3.8) is 0 Å². The first-order chi connectivity index (χ1) is 32.0. The molecule has 24 nitrogen and oxygen atoms in total. The third-order valence-corrected chi connectivity index (χ3v) is 12.9. The third-order valence-electron chi connectivity index (χ3n) is 9.50. The standard InChI is InChI=1S/C40H31N9O15S4.4Na/c1-63-34-20-33(47-49-39-37(68(60,61)62)18-27-25(40(39)50)12-13-28(41)38(27)48-42-21-6-5-7-22(16-21)65(51,52)53)35(64-2)19-32(34)46-44-30-15-14-29(24-11-10-23(17-26(24)30)66(54,55)56)43-45-31-8-3-4-9-36(31)67(57,58)59;;;;/h3-20,50H,41H2,1-2H3,(H,51,52,53)(H,54,55,56)(H,57,58,59)(H,60,61,62);;;;/q;4*+1/p-4. The number of methoxy groups -OCH3 is 2. The van der Waals surface area contributed by atoms with Gasteiger partial charge < -0.3 is 34.0 Å². The molecule has 0 spiro atoms. The first kappa shape index (κ1) is 62.6. The molecule has 350 valence electrons. The van der Waals surface area contributed by atoms with Crippen LogP contribution in [0.25, 0.3) is 21.5 Å². The van der Waals surface area contributed by atoms with E-state index in [2.05, 4.69) is 40.9 Å². The van der Waals surface area contributed by atoms with Gasteiger partial charge in [-0.3, -0.25) is 4.55 Å². The van der Waals surface area contributed by atoms with E-state index in [0.29, 0.717) is 0 Å². The van der Waals surface area contributed by atoms with Crippen LogP contribution >= 0.6 is 0 Å². The van der Waals surface area contributed by atoms with E-state index in [1.165, 1.54) is 87.0 Å². The molecule has 7 aromatic carbocycles. The maximum Gasteiger partial charge on any atom is 1.00 e. The van der Waals surface area contributed by atoms with Crippen molar-refractivity contribution < 1.29 is 185 Å². The van der Waals surface area contributed by atoms with Gasteiger partial charge in [-0.25, -0.2) is 25.3 Å². The molecule has 0 unspecified atom stereocenters. The number of hydrogen-bond acceptors (Lipinski definition) is 23. The Kier molecular flexibility index (Phi) is 21.9. The number of hydrogen-bond donors (Lipinski definition) is 2. The fourth-order valence-corrected chi connectivity index (χ4v) is 8.60. The van der Waals surface area contributed by atoms with E-state index in [1.54, 1.807) is 0 Å². The van der Waals surface area contributed by atoms with E-state index in [0.717, 1.165) is 36.4 Å². The van der Waals surface area contributed by atoms with Crippen LogP contribution in [0.3, 0.4) is 0 Å². The van der Waals surface area contributed by atoms with E-state index < -0.39 is 71.5 Å². The third kappa shape index (κ3) is 14.4. The molecule has 0 fully saturated rings. The Bertz CT molecular complexity index is 3830. The minimum atomic E-state index is -5.24. The Balaban J connectivity index is 0.00000342. The average Bonchev–Trinajstić information content (AvgIpc) is 3.28. The van der Waals surface area contributed by atoms with Gasteiger partial charge in [0.05, 0.1) is 57.3 Å². The molecule has 0 aromatic heterocycles. The minimum Gasteiger partial charge on any atom is -0.871 e. The number of nitrogen functional groups attached to an aromatic ring is 1. The van der Waals surface area contributed by atoms with Crippen molar-refractivity contribution in [3.8, 4) is 17.2 Å². The van der Waals surface area contributed by atoms with Crippen LogP contribution in [-0.4, -0.2) is 66.1 Å². The van der Waals surface area contributed by atoms with Crippen molar-refractivity contribution in [1.29, 1.82) is 0 Å². The molecule has 0 atom stereocenters. The molecule has 0 aliphatic carbocycles. The number of azo groups is 4. The molecular weight excluding hydrogens is 1070 g/mol. The summed E-state index contributed by atoms with van der Waals surface area (Å²) < 4.78 is 152. The molecule has 0 amide bonds. The van der Waals surface area contributed by atoms with E-state index in [-0.39, 0.29) is 197 Å². The molecule has 0 aliphatic rings. The maximum absolute atomic E-state index is 13.9. The minimum absolute atomic E-state index is 0. The van der Waals surface area contributed by atoms with Crippen molar-refractivity contribution >= 4 is 113 Å². The zero-order valence-corrected chi connectivity index (χ0v) is 49.6. The normalized spacial score (nSPS) is 12.2. The predicted octanol–water partition coefficient (Wildman–Crippen LogP) is -3.70. The second-order valence-electron chi connectivity index (χ2n) is 13.8. The summed E-state index contributed by atoms with van der Waals surface area (Å²) in [5.74, 6) is -1.23. The van der Waals surface area contributed by atoms with Crippen LogP contribution in [0.2, 0.25) is 0 Å². The van der Waals surface area contributed by atoms with E-state index in [1.807, 2.05) is 0 Å². The fraction of sp³-hybridized carbons (Fsp3) is 0.0500. The van der Waals surface area contributed by atoms with Gasteiger partial charge in [-0.15, -0.1) is 35.8 Å². The van der Waals surface area contributed by atoms with Gasteiger partial charge in [0.15, 0.2) is 0 Å². The van der Waals surface area contributed by atoms with Crippen molar-refractivity contribution in [2.45, 2.75) is 19.6 Å². The second-order valence-corrected chi connectivity index (χ2v) is 19.3. The zero-order valence-electron chi connectivity index (χ0n) is 38.3. The summed E-state index contributed by atoms with van der Waals surface area (Å²) in [5, 5.41) is 45.8. The second kappa shape index (κ2) is 25.2. The largest absolute Gasteiger partial charge is 1.00 e. The van der Waals surface area contributed by atoms with E-state index in [4.69, 9.17) is 15.2 Å². The molecular formula is C40H27N9Na4O15S4. The van der Waals surface area contributed by atoms with Gasteiger partial charge in [-0.05, 0) is 72.1 Å². The molecule has 0 aliphatic heterocycles. The van der Waals surface area contributed by atoms with Crippen molar-refractivity contribution in [2.24, 2.45) is 40.9 Å². The monoisotopic (exact) mass is 1090 g/mol. The number of fused-ring (bicyclic) bond motifs is 2. The molecule has 32 heteroatoms. The van der Waals surface area contributed by atoms with Crippen molar-refractivity contribution in [3.05, 3.63) is 109 Å². The van der Waals surface area contributed by atoms with Gasteiger partial charge in [0.2, 0.25) is 0 Å².